The summed E-state index contributed by atoms with van der Waals surface area (Å²) < 4.78 is 6.12. The van der Waals surface area contributed by atoms with E-state index in [-0.39, 0.29) is 0 Å². The number of ether oxygens (including phenoxy) is 1. The standard InChI is InChI=1S/C14H19BrO/c15-9-8-10-4-3-7-13-14(10)11-5-1-2-6-12(11)16-13/h5-6,10,13-14H,1-4,7-9H2. The van der Waals surface area contributed by atoms with E-state index < -0.39 is 0 Å². The normalized spacial score (nSPS) is 36.9. The molecule has 3 aliphatic rings. The van der Waals surface area contributed by atoms with Gasteiger partial charge in [-0.1, -0.05) is 22.0 Å². The van der Waals surface area contributed by atoms with Crippen molar-refractivity contribution in [2.75, 3.05) is 5.33 Å². The molecule has 0 aromatic carbocycles. The third-order valence-corrected chi connectivity index (χ3v) is 4.69. The second kappa shape index (κ2) is 4.56. The smallest absolute Gasteiger partial charge is 0.119 e. The van der Waals surface area contributed by atoms with Crippen molar-refractivity contribution in [3.63, 3.8) is 0 Å². The van der Waals surface area contributed by atoms with Crippen LogP contribution in [-0.4, -0.2) is 11.4 Å². The molecule has 1 aliphatic heterocycles. The second-order valence-electron chi connectivity index (χ2n) is 5.16. The number of alkyl halides is 1. The zero-order valence-electron chi connectivity index (χ0n) is 9.62. The first-order valence-corrected chi connectivity index (χ1v) is 7.65. The molecule has 2 aliphatic carbocycles. The topological polar surface area (TPSA) is 9.23 Å². The van der Waals surface area contributed by atoms with Crippen LogP contribution in [0.5, 0.6) is 0 Å². The minimum atomic E-state index is 0.494. The van der Waals surface area contributed by atoms with Gasteiger partial charge in [0.05, 0.1) is 0 Å². The number of allylic oxidation sites excluding steroid dienone is 3. The van der Waals surface area contributed by atoms with Gasteiger partial charge in [0.25, 0.3) is 0 Å². The lowest BCUT2D eigenvalue weighted by molar-refractivity contribution is 0.0692. The van der Waals surface area contributed by atoms with Crippen molar-refractivity contribution in [2.24, 2.45) is 11.8 Å². The number of halogens is 1. The molecule has 0 bridgehead atoms. The van der Waals surface area contributed by atoms with Gasteiger partial charge in [-0.05, 0) is 56.1 Å². The van der Waals surface area contributed by atoms with Gasteiger partial charge in [0, 0.05) is 11.2 Å². The predicted molar refractivity (Wildman–Crippen MR) is 69.5 cm³/mol. The summed E-state index contributed by atoms with van der Waals surface area (Å²) in [5.41, 5.74) is 1.54. The molecular weight excluding hydrogens is 264 g/mol. The molecule has 0 radical (unpaired) electrons. The van der Waals surface area contributed by atoms with Crippen LogP contribution in [0.4, 0.5) is 0 Å². The van der Waals surface area contributed by atoms with E-state index >= 15 is 0 Å². The van der Waals surface area contributed by atoms with Crippen LogP contribution in [0.1, 0.15) is 38.5 Å². The molecule has 0 N–H and O–H groups in total. The summed E-state index contributed by atoms with van der Waals surface area (Å²) in [6.45, 7) is 0. The van der Waals surface area contributed by atoms with Crippen molar-refractivity contribution in [3.05, 3.63) is 23.5 Å². The molecule has 2 fully saturated rings. The van der Waals surface area contributed by atoms with Crippen LogP contribution >= 0.6 is 15.9 Å². The van der Waals surface area contributed by atoms with E-state index in [0.717, 1.165) is 11.2 Å². The van der Waals surface area contributed by atoms with Crippen molar-refractivity contribution in [1.82, 2.24) is 0 Å². The number of hydrogen-bond acceptors (Lipinski definition) is 1. The van der Waals surface area contributed by atoms with Gasteiger partial charge in [-0.15, -0.1) is 0 Å². The number of fused-ring (bicyclic) bond motifs is 3. The molecule has 1 saturated carbocycles. The highest BCUT2D eigenvalue weighted by Crippen LogP contribution is 2.48. The summed E-state index contributed by atoms with van der Waals surface area (Å²) in [5, 5.41) is 1.13. The predicted octanol–water partition coefficient (Wildman–Crippen LogP) is 4.19. The summed E-state index contributed by atoms with van der Waals surface area (Å²) in [6.07, 6.45) is 12.9. The zero-order valence-corrected chi connectivity index (χ0v) is 11.2. The Morgan fingerprint density at radius 2 is 2.12 bits per heavy atom. The largest absolute Gasteiger partial charge is 0.490 e. The molecule has 16 heavy (non-hydrogen) atoms. The van der Waals surface area contributed by atoms with Crippen LogP contribution in [0.2, 0.25) is 0 Å². The number of rotatable bonds is 2. The summed E-state index contributed by atoms with van der Waals surface area (Å²) in [7, 11) is 0. The fourth-order valence-electron chi connectivity index (χ4n) is 3.55. The van der Waals surface area contributed by atoms with Crippen molar-refractivity contribution in [2.45, 2.75) is 44.6 Å². The Bertz CT molecular complexity index is 330. The lowest BCUT2D eigenvalue weighted by Gasteiger charge is -2.32. The molecule has 1 saturated heterocycles. The van der Waals surface area contributed by atoms with Gasteiger partial charge in [-0.25, -0.2) is 0 Å². The summed E-state index contributed by atoms with van der Waals surface area (Å²) in [5.74, 6) is 2.77. The van der Waals surface area contributed by atoms with Crippen LogP contribution in [0.3, 0.4) is 0 Å². The first kappa shape index (κ1) is 10.9. The Labute approximate surface area is 106 Å². The molecule has 2 heteroatoms. The molecule has 3 atom stereocenters. The van der Waals surface area contributed by atoms with Crippen molar-refractivity contribution < 1.29 is 4.74 Å². The highest BCUT2D eigenvalue weighted by Gasteiger charge is 2.43. The van der Waals surface area contributed by atoms with Crippen LogP contribution in [0.15, 0.2) is 23.5 Å². The van der Waals surface area contributed by atoms with Gasteiger partial charge >= 0.3 is 0 Å². The molecular formula is C14H19BrO. The maximum Gasteiger partial charge on any atom is 0.119 e. The number of hydrogen-bond donors (Lipinski definition) is 0. The lowest BCUT2D eigenvalue weighted by Crippen LogP contribution is -2.30. The Kier molecular flexibility index (Phi) is 3.10. The van der Waals surface area contributed by atoms with Gasteiger partial charge in [0.1, 0.15) is 11.9 Å². The Morgan fingerprint density at radius 1 is 1.25 bits per heavy atom. The molecule has 3 unspecified atom stereocenters. The molecule has 0 amide bonds. The summed E-state index contributed by atoms with van der Waals surface area (Å²) in [4.78, 5) is 0. The van der Waals surface area contributed by atoms with Gasteiger partial charge in [-0.3, -0.25) is 0 Å². The Morgan fingerprint density at radius 3 is 3.00 bits per heavy atom. The average Bonchev–Trinajstić information content (AvgIpc) is 2.68. The molecule has 3 rings (SSSR count). The molecule has 1 heterocycles. The maximum absolute atomic E-state index is 6.12. The van der Waals surface area contributed by atoms with Gasteiger partial charge in [-0.2, -0.15) is 0 Å². The first-order chi connectivity index (χ1) is 7.90. The van der Waals surface area contributed by atoms with Crippen LogP contribution in [0.25, 0.3) is 0 Å². The fourth-order valence-corrected chi connectivity index (χ4v) is 4.13. The SMILES string of the molecule is BrCCC1CCCC2OC3=CCCC=C3C12. The van der Waals surface area contributed by atoms with Crippen molar-refractivity contribution >= 4 is 15.9 Å². The van der Waals surface area contributed by atoms with E-state index in [9.17, 15) is 0 Å². The maximum atomic E-state index is 6.12. The van der Waals surface area contributed by atoms with Crippen LogP contribution in [0, 0.1) is 11.8 Å². The van der Waals surface area contributed by atoms with Gasteiger partial charge in [0.2, 0.25) is 0 Å². The minimum absolute atomic E-state index is 0.494. The Hall–Kier alpha value is -0.240. The average molecular weight is 283 g/mol. The second-order valence-corrected chi connectivity index (χ2v) is 5.95. The van der Waals surface area contributed by atoms with Crippen LogP contribution in [-0.2, 0) is 4.74 Å². The van der Waals surface area contributed by atoms with E-state index in [1.165, 1.54) is 44.3 Å². The van der Waals surface area contributed by atoms with E-state index in [1.54, 1.807) is 5.57 Å². The monoisotopic (exact) mass is 282 g/mol. The first-order valence-electron chi connectivity index (χ1n) is 6.53. The van der Waals surface area contributed by atoms with Gasteiger partial charge < -0.3 is 4.74 Å². The van der Waals surface area contributed by atoms with Crippen molar-refractivity contribution in [1.29, 1.82) is 0 Å². The molecule has 1 nitrogen and oxygen atoms in total. The lowest BCUT2D eigenvalue weighted by atomic mass is 9.72. The van der Waals surface area contributed by atoms with Crippen LogP contribution < -0.4 is 0 Å². The third-order valence-electron chi connectivity index (χ3n) is 4.23. The molecule has 0 aromatic heterocycles. The van der Waals surface area contributed by atoms with Crippen molar-refractivity contribution in [3.8, 4) is 0 Å². The highest BCUT2D eigenvalue weighted by atomic mass is 79.9. The fraction of sp³-hybridized carbons (Fsp3) is 0.714. The molecule has 88 valence electrons. The van der Waals surface area contributed by atoms with E-state index in [4.69, 9.17) is 4.74 Å². The zero-order chi connectivity index (χ0) is 11.0. The molecule has 0 aromatic rings. The summed E-state index contributed by atoms with van der Waals surface area (Å²) in [6, 6.07) is 0. The quantitative estimate of drug-likeness (QED) is 0.690. The highest BCUT2D eigenvalue weighted by molar-refractivity contribution is 9.09. The van der Waals surface area contributed by atoms with E-state index in [1.807, 2.05) is 0 Å². The van der Waals surface area contributed by atoms with E-state index in [2.05, 4.69) is 28.1 Å². The van der Waals surface area contributed by atoms with E-state index in [0.29, 0.717) is 12.0 Å². The van der Waals surface area contributed by atoms with Gasteiger partial charge in [0.15, 0.2) is 0 Å². The minimum Gasteiger partial charge on any atom is -0.490 e. The summed E-state index contributed by atoms with van der Waals surface area (Å²) >= 11 is 3.60. The third kappa shape index (κ3) is 1.75. The Balaban J connectivity index is 1.87. The molecule has 0 spiro atoms.